The van der Waals surface area contributed by atoms with Gasteiger partial charge in [-0.2, -0.15) is 0 Å². The van der Waals surface area contributed by atoms with E-state index in [0.29, 0.717) is 12.3 Å². The van der Waals surface area contributed by atoms with Crippen LogP contribution in [0.2, 0.25) is 0 Å². The molecule has 2 unspecified atom stereocenters. The molecule has 1 N–H and O–H groups in total. The lowest BCUT2D eigenvalue weighted by molar-refractivity contribution is -0.131. The number of aliphatic hydroxyl groups is 1. The highest BCUT2D eigenvalue weighted by Gasteiger charge is 2.30. The Bertz CT molecular complexity index is 586. The predicted molar refractivity (Wildman–Crippen MR) is 76.4 cm³/mol. The summed E-state index contributed by atoms with van der Waals surface area (Å²) in [7, 11) is 0. The van der Waals surface area contributed by atoms with Crippen LogP contribution in [0.4, 0.5) is 0 Å². The fraction of sp³-hybridized carbons (Fsp3) is 0.438. The number of hydrogen-bond acceptors (Lipinski definition) is 3. The van der Waals surface area contributed by atoms with Crippen molar-refractivity contribution in [1.29, 1.82) is 0 Å². The number of aliphatic hydroxyl groups excluding tert-OH is 1. The Morgan fingerprint density at radius 1 is 1.50 bits per heavy atom. The van der Waals surface area contributed by atoms with E-state index in [9.17, 15) is 4.79 Å². The van der Waals surface area contributed by atoms with Crippen molar-refractivity contribution in [3.8, 4) is 0 Å². The van der Waals surface area contributed by atoms with Gasteiger partial charge in [-0.15, -0.1) is 0 Å². The number of para-hydroxylation sites is 1. The first-order valence-corrected chi connectivity index (χ1v) is 7.07. The van der Waals surface area contributed by atoms with Crippen LogP contribution in [0.25, 0.3) is 11.0 Å². The number of amides is 1. The quantitative estimate of drug-likeness (QED) is 0.934. The molecule has 1 saturated heterocycles. The molecule has 1 aliphatic rings. The minimum atomic E-state index is -0.278. The Morgan fingerprint density at radius 3 is 3.00 bits per heavy atom. The second-order valence-corrected chi connectivity index (χ2v) is 5.53. The van der Waals surface area contributed by atoms with Crippen molar-refractivity contribution in [2.45, 2.75) is 19.3 Å². The maximum Gasteiger partial charge on any atom is 0.233 e. The van der Waals surface area contributed by atoms with E-state index in [-0.39, 0.29) is 24.3 Å². The van der Waals surface area contributed by atoms with E-state index in [1.165, 1.54) is 0 Å². The molecule has 3 rings (SSSR count). The zero-order valence-corrected chi connectivity index (χ0v) is 11.6. The third-order valence-corrected chi connectivity index (χ3v) is 4.10. The molecule has 4 nitrogen and oxygen atoms in total. The molecule has 2 aromatic rings. The van der Waals surface area contributed by atoms with E-state index in [0.717, 1.165) is 23.9 Å². The molecule has 0 aliphatic carbocycles. The highest BCUT2D eigenvalue weighted by molar-refractivity contribution is 5.85. The van der Waals surface area contributed by atoms with Gasteiger partial charge >= 0.3 is 0 Å². The topological polar surface area (TPSA) is 53.7 Å². The minimum absolute atomic E-state index is 0.0833. The maximum atomic E-state index is 12.5. The van der Waals surface area contributed by atoms with Crippen LogP contribution in [0.1, 0.15) is 25.0 Å². The lowest BCUT2D eigenvalue weighted by atomic mass is 10.1. The first-order chi connectivity index (χ1) is 9.69. The van der Waals surface area contributed by atoms with Crippen LogP contribution in [-0.4, -0.2) is 35.6 Å². The van der Waals surface area contributed by atoms with Crippen LogP contribution in [0, 0.1) is 5.92 Å². The average molecular weight is 273 g/mol. The van der Waals surface area contributed by atoms with Crippen molar-refractivity contribution in [1.82, 2.24) is 4.90 Å². The van der Waals surface area contributed by atoms with Crippen molar-refractivity contribution >= 4 is 16.9 Å². The summed E-state index contributed by atoms with van der Waals surface area (Å²) in [5.41, 5.74) is 0.816. The molecule has 1 aromatic heterocycles. The molecule has 1 aliphatic heterocycles. The van der Waals surface area contributed by atoms with Crippen LogP contribution in [0.3, 0.4) is 0 Å². The number of fused-ring (bicyclic) bond motifs is 1. The van der Waals surface area contributed by atoms with Crippen molar-refractivity contribution in [2.75, 3.05) is 19.7 Å². The number of nitrogens with zero attached hydrogens (tertiary/aromatic N) is 1. The average Bonchev–Trinajstić information content (AvgIpc) is 3.11. The lowest BCUT2D eigenvalue weighted by Crippen LogP contribution is -2.32. The third-order valence-electron chi connectivity index (χ3n) is 4.10. The summed E-state index contributed by atoms with van der Waals surface area (Å²) in [6, 6.07) is 9.72. The summed E-state index contributed by atoms with van der Waals surface area (Å²) in [6.45, 7) is 3.42. The highest BCUT2D eigenvalue weighted by Crippen LogP contribution is 2.28. The van der Waals surface area contributed by atoms with Crippen LogP contribution in [0.15, 0.2) is 34.7 Å². The van der Waals surface area contributed by atoms with Crippen LogP contribution >= 0.6 is 0 Å². The molecule has 1 aromatic carbocycles. The monoisotopic (exact) mass is 273 g/mol. The molecule has 0 radical (unpaired) electrons. The van der Waals surface area contributed by atoms with Gasteiger partial charge in [0.25, 0.3) is 0 Å². The number of carbonyl (C=O) groups excluding carboxylic acids is 1. The Kier molecular flexibility index (Phi) is 3.49. The van der Waals surface area contributed by atoms with Gasteiger partial charge in [0, 0.05) is 31.0 Å². The number of likely N-dealkylation sites (tertiary alicyclic amines) is 1. The van der Waals surface area contributed by atoms with Gasteiger partial charge in [-0.05, 0) is 25.5 Å². The highest BCUT2D eigenvalue weighted by atomic mass is 16.3. The smallest absolute Gasteiger partial charge is 0.233 e. The molecular weight excluding hydrogens is 254 g/mol. The van der Waals surface area contributed by atoms with Gasteiger partial charge < -0.3 is 14.4 Å². The Balaban J connectivity index is 1.78. The molecule has 4 heteroatoms. The van der Waals surface area contributed by atoms with Gasteiger partial charge in [-0.25, -0.2) is 0 Å². The predicted octanol–water partition coefficient (Wildman–Crippen LogP) is 2.38. The van der Waals surface area contributed by atoms with Crippen molar-refractivity contribution in [2.24, 2.45) is 5.92 Å². The molecule has 1 fully saturated rings. The number of rotatable bonds is 3. The molecule has 20 heavy (non-hydrogen) atoms. The number of furan rings is 1. The molecule has 106 valence electrons. The van der Waals surface area contributed by atoms with Gasteiger partial charge in [0.05, 0.1) is 5.92 Å². The van der Waals surface area contributed by atoms with E-state index in [1.54, 1.807) is 0 Å². The Labute approximate surface area is 118 Å². The van der Waals surface area contributed by atoms with E-state index in [1.807, 2.05) is 42.2 Å². The van der Waals surface area contributed by atoms with Gasteiger partial charge in [-0.1, -0.05) is 18.2 Å². The largest absolute Gasteiger partial charge is 0.460 e. The van der Waals surface area contributed by atoms with Gasteiger partial charge in [0.1, 0.15) is 11.3 Å². The normalized spacial score (nSPS) is 20.5. The number of benzene rings is 1. The van der Waals surface area contributed by atoms with Crippen molar-refractivity contribution in [3.63, 3.8) is 0 Å². The Hall–Kier alpha value is -1.81. The lowest BCUT2D eigenvalue weighted by Gasteiger charge is -2.19. The van der Waals surface area contributed by atoms with E-state index >= 15 is 0 Å². The SMILES string of the molecule is CC(C(=O)N1CCC(CO)C1)c1cc2ccccc2o1. The van der Waals surface area contributed by atoms with Crippen molar-refractivity contribution in [3.05, 3.63) is 36.1 Å². The first-order valence-electron chi connectivity index (χ1n) is 7.07. The summed E-state index contributed by atoms with van der Waals surface area (Å²) < 4.78 is 5.77. The molecule has 0 spiro atoms. The number of hydrogen-bond donors (Lipinski definition) is 1. The standard InChI is InChI=1S/C16H19NO3/c1-11(16(19)17-7-6-12(9-17)10-18)15-8-13-4-2-3-5-14(13)20-15/h2-5,8,11-12,18H,6-7,9-10H2,1H3. The fourth-order valence-corrected chi connectivity index (χ4v) is 2.79. The zero-order valence-electron chi connectivity index (χ0n) is 11.6. The number of carbonyl (C=O) groups is 1. The minimum Gasteiger partial charge on any atom is -0.460 e. The molecule has 2 heterocycles. The van der Waals surface area contributed by atoms with Gasteiger partial charge in [-0.3, -0.25) is 4.79 Å². The van der Waals surface area contributed by atoms with Crippen LogP contribution < -0.4 is 0 Å². The summed E-state index contributed by atoms with van der Waals surface area (Å²) in [6.07, 6.45) is 0.884. The first kappa shape index (κ1) is 13.2. The Morgan fingerprint density at radius 2 is 2.30 bits per heavy atom. The van der Waals surface area contributed by atoms with E-state index < -0.39 is 0 Å². The molecule has 0 bridgehead atoms. The van der Waals surface area contributed by atoms with Crippen molar-refractivity contribution < 1.29 is 14.3 Å². The third kappa shape index (κ3) is 2.31. The molecule has 1 amide bonds. The summed E-state index contributed by atoms with van der Waals surface area (Å²) in [4.78, 5) is 14.3. The molecule has 0 saturated carbocycles. The van der Waals surface area contributed by atoms with Crippen LogP contribution in [-0.2, 0) is 4.79 Å². The summed E-state index contributed by atoms with van der Waals surface area (Å²) in [5.74, 6) is 0.741. The summed E-state index contributed by atoms with van der Waals surface area (Å²) >= 11 is 0. The van der Waals surface area contributed by atoms with Gasteiger partial charge in [0.15, 0.2) is 0 Å². The van der Waals surface area contributed by atoms with E-state index in [2.05, 4.69) is 0 Å². The van der Waals surface area contributed by atoms with E-state index in [4.69, 9.17) is 9.52 Å². The maximum absolute atomic E-state index is 12.5. The fourth-order valence-electron chi connectivity index (χ4n) is 2.79. The second-order valence-electron chi connectivity index (χ2n) is 5.53. The zero-order chi connectivity index (χ0) is 14.1. The van der Waals surface area contributed by atoms with Gasteiger partial charge in [0.2, 0.25) is 5.91 Å². The molecular formula is C16H19NO3. The summed E-state index contributed by atoms with van der Waals surface area (Å²) in [5, 5.41) is 10.2. The molecule has 2 atom stereocenters. The second kappa shape index (κ2) is 5.29. The van der Waals surface area contributed by atoms with Crippen LogP contribution in [0.5, 0.6) is 0 Å².